The van der Waals surface area contributed by atoms with Gasteiger partial charge in [0.05, 0.1) is 0 Å². The van der Waals surface area contributed by atoms with Crippen molar-refractivity contribution in [3.63, 3.8) is 0 Å². The number of benzene rings is 2. The fourth-order valence-electron chi connectivity index (χ4n) is 4.13. The summed E-state index contributed by atoms with van der Waals surface area (Å²) in [5, 5.41) is 6.36. The van der Waals surface area contributed by atoms with E-state index in [4.69, 9.17) is 0 Å². The zero-order chi connectivity index (χ0) is 20.4. The predicted molar refractivity (Wildman–Crippen MR) is 118 cm³/mol. The molecule has 1 atom stereocenters. The Labute approximate surface area is 175 Å². The molecule has 2 N–H and O–H groups in total. The third kappa shape index (κ3) is 3.87. The van der Waals surface area contributed by atoms with Gasteiger partial charge in [-0.1, -0.05) is 30.3 Å². The molecule has 1 aliphatic heterocycles. The molecule has 0 bridgehead atoms. The Morgan fingerprint density at radius 1 is 1.07 bits per heavy atom. The molecular formula is C24H24N2O2S. The average Bonchev–Trinajstić information content (AvgIpc) is 2.73. The summed E-state index contributed by atoms with van der Waals surface area (Å²) in [4.78, 5) is 27.4. The molecule has 0 fully saturated rings. The number of carbonyl (C=O) groups excluding carboxylic acids is 2. The van der Waals surface area contributed by atoms with Gasteiger partial charge in [0, 0.05) is 45.5 Å². The molecule has 0 aromatic heterocycles. The van der Waals surface area contributed by atoms with Crippen LogP contribution < -0.4 is 10.6 Å². The maximum Gasteiger partial charge on any atom is 0.254 e. The zero-order valence-corrected chi connectivity index (χ0v) is 17.4. The number of thioether (sulfide) groups is 1. The van der Waals surface area contributed by atoms with Gasteiger partial charge in [0.15, 0.2) is 5.78 Å². The summed E-state index contributed by atoms with van der Waals surface area (Å²) in [5.74, 6) is -0.390. The Bertz CT molecular complexity index is 1010. The fraction of sp³-hybridized carbons (Fsp3) is 0.250. The molecular weight excluding hydrogens is 380 g/mol. The summed E-state index contributed by atoms with van der Waals surface area (Å²) in [6.07, 6.45) is 4.26. The van der Waals surface area contributed by atoms with Crippen LogP contribution in [0.2, 0.25) is 0 Å². The van der Waals surface area contributed by atoms with Gasteiger partial charge in [0.2, 0.25) is 0 Å². The van der Waals surface area contributed by atoms with Crippen LogP contribution >= 0.6 is 11.8 Å². The molecule has 4 rings (SSSR count). The van der Waals surface area contributed by atoms with E-state index in [2.05, 4.69) is 22.8 Å². The van der Waals surface area contributed by atoms with Crippen molar-refractivity contribution in [2.75, 3.05) is 11.6 Å². The van der Waals surface area contributed by atoms with Crippen molar-refractivity contribution in [1.29, 1.82) is 0 Å². The minimum Gasteiger partial charge on any atom is -0.362 e. The number of carbonyl (C=O) groups is 2. The van der Waals surface area contributed by atoms with E-state index in [0.717, 1.165) is 46.0 Å². The summed E-state index contributed by atoms with van der Waals surface area (Å²) >= 11 is 1.67. The molecule has 0 spiro atoms. The first-order valence-electron chi connectivity index (χ1n) is 9.83. The van der Waals surface area contributed by atoms with Crippen molar-refractivity contribution in [1.82, 2.24) is 5.32 Å². The van der Waals surface area contributed by atoms with Crippen molar-refractivity contribution in [2.45, 2.75) is 37.0 Å². The lowest BCUT2D eigenvalue weighted by atomic mass is 9.75. The first-order valence-corrected chi connectivity index (χ1v) is 11.1. The van der Waals surface area contributed by atoms with Crippen LogP contribution in [0.15, 0.2) is 82.0 Å². The van der Waals surface area contributed by atoms with Gasteiger partial charge in [-0.25, -0.2) is 0 Å². The Balaban J connectivity index is 1.78. The lowest BCUT2D eigenvalue weighted by Crippen LogP contribution is -2.35. The third-order valence-electron chi connectivity index (χ3n) is 5.50. The number of amides is 1. The minimum absolute atomic E-state index is 0.134. The van der Waals surface area contributed by atoms with Crippen molar-refractivity contribution >= 4 is 29.1 Å². The predicted octanol–water partition coefficient (Wildman–Crippen LogP) is 5.02. The number of rotatable bonds is 4. The van der Waals surface area contributed by atoms with Crippen LogP contribution in [-0.2, 0) is 9.59 Å². The van der Waals surface area contributed by atoms with Crippen LogP contribution in [0.25, 0.3) is 0 Å². The minimum atomic E-state index is -0.348. The summed E-state index contributed by atoms with van der Waals surface area (Å²) in [7, 11) is 0. The van der Waals surface area contributed by atoms with Crippen LogP contribution in [0.5, 0.6) is 0 Å². The maximum absolute atomic E-state index is 13.3. The second kappa shape index (κ2) is 8.29. The normalized spacial score (nSPS) is 19.0. The highest BCUT2D eigenvalue weighted by Crippen LogP contribution is 2.42. The molecule has 1 aliphatic carbocycles. The lowest BCUT2D eigenvalue weighted by Gasteiger charge is -2.34. The molecule has 1 heterocycles. The van der Waals surface area contributed by atoms with E-state index in [1.165, 1.54) is 0 Å². The second-order valence-electron chi connectivity index (χ2n) is 7.36. The molecule has 148 valence electrons. The van der Waals surface area contributed by atoms with Gasteiger partial charge in [0.1, 0.15) is 0 Å². The van der Waals surface area contributed by atoms with Crippen LogP contribution in [0.1, 0.15) is 37.7 Å². The maximum atomic E-state index is 13.3. The number of Topliss-reactive ketones (excluding diaryl/α,β-unsaturated/α-hetero) is 1. The fourth-order valence-corrected chi connectivity index (χ4v) is 4.54. The van der Waals surface area contributed by atoms with Crippen LogP contribution in [0.4, 0.5) is 5.69 Å². The molecule has 1 amide bonds. The van der Waals surface area contributed by atoms with Crippen LogP contribution in [-0.4, -0.2) is 17.9 Å². The molecule has 29 heavy (non-hydrogen) atoms. The van der Waals surface area contributed by atoms with Gasteiger partial charge in [-0.15, -0.1) is 11.8 Å². The van der Waals surface area contributed by atoms with Crippen molar-refractivity contribution in [3.8, 4) is 0 Å². The van der Waals surface area contributed by atoms with E-state index < -0.39 is 0 Å². The Hall–Kier alpha value is -2.79. The monoisotopic (exact) mass is 404 g/mol. The van der Waals surface area contributed by atoms with E-state index in [-0.39, 0.29) is 17.6 Å². The second-order valence-corrected chi connectivity index (χ2v) is 8.24. The number of nitrogens with one attached hydrogen (secondary N) is 2. The first kappa shape index (κ1) is 19.5. The smallest absolute Gasteiger partial charge is 0.254 e. The van der Waals surface area contributed by atoms with E-state index in [9.17, 15) is 9.59 Å². The van der Waals surface area contributed by atoms with Gasteiger partial charge in [-0.3, -0.25) is 9.59 Å². The molecule has 0 radical (unpaired) electrons. The molecule has 0 saturated carbocycles. The largest absolute Gasteiger partial charge is 0.362 e. The van der Waals surface area contributed by atoms with Crippen molar-refractivity contribution < 1.29 is 9.59 Å². The van der Waals surface area contributed by atoms with Crippen molar-refractivity contribution in [2.24, 2.45) is 0 Å². The van der Waals surface area contributed by atoms with Gasteiger partial charge in [0.25, 0.3) is 5.91 Å². The molecule has 0 saturated heterocycles. The van der Waals surface area contributed by atoms with E-state index in [1.54, 1.807) is 11.8 Å². The Kier molecular flexibility index (Phi) is 5.58. The first-order chi connectivity index (χ1) is 14.1. The quantitative estimate of drug-likeness (QED) is 0.703. The number of allylic oxidation sites excluding steroid dienone is 3. The zero-order valence-electron chi connectivity index (χ0n) is 16.6. The van der Waals surface area contributed by atoms with E-state index in [0.29, 0.717) is 12.0 Å². The van der Waals surface area contributed by atoms with Crippen LogP contribution in [0.3, 0.4) is 0 Å². The average molecular weight is 405 g/mol. The van der Waals surface area contributed by atoms with Crippen molar-refractivity contribution in [3.05, 3.63) is 82.7 Å². The number of para-hydroxylation sites is 1. The summed E-state index contributed by atoms with van der Waals surface area (Å²) in [6.45, 7) is 1.92. The van der Waals surface area contributed by atoms with E-state index >= 15 is 0 Å². The molecule has 2 aromatic carbocycles. The third-order valence-corrected chi connectivity index (χ3v) is 6.24. The number of anilines is 1. The number of dihydropyridines is 1. The molecule has 2 aliphatic rings. The summed E-state index contributed by atoms with van der Waals surface area (Å²) < 4.78 is 0. The Morgan fingerprint density at radius 2 is 1.79 bits per heavy atom. The van der Waals surface area contributed by atoms with Gasteiger partial charge in [-0.05, 0) is 55.9 Å². The highest BCUT2D eigenvalue weighted by Gasteiger charge is 2.38. The summed E-state index contributed by atoms with van der Waals surface area (Å²) in [5.41, 5.74) is 4.85. The van der Waals surface area contributed by atoms with Gasteiger partial charge < -0.3 is 10.6 Å². The molecule has 2 aromatic rings. The summed E-state index contributed by atoms with van der Waals surface area (Å²) in [6, 6.07) is 17.6. The lowest BCUT2D eigenvalue weighted by molar-refractivity contribution is -0.116. The van der Waals surface area contributed by atoms with Gasteiger partial charge >= 0.3 is 0 Å². The highest BCUT2D eigenvalue weighted by molar-refractivity contribution is 7.98. The van der Waals surface area contributed by atoms with Crippen LogP contribution in [0, 0.1) is 0 Å². The molecule has 5 heteroatoms. The van der Waals surface area contributed by atoms with E-state index in [1.807, 2.05) is 55.6 Å². The Morgan fingerprint density at radius 3 is 2.48 bits per heavy atom. The molecule has 1 unspecified atom stereocenters. The van der Waals surface area contributed by atoms with Gasteiger partial charge in [-0.2, -0.15) is 0 Å². The molecule has 4 nitrogen and oxygen atoms in total. The SMILES string of the molecule is CSc1ccc(C2C(C(=O)Nc3ccccc3)=C(C)NC3=C2C(=O)CCC3)cc1. The number of hydrogen-bond donors (Lipinski definition) is 2. The highest BCUT2D eigenvalue weighted by atomic mass is 32.2. The topological polar surface area (TPSA) is 58.2 Å². The number of ketones is 1. The number of hydrogen-bond acceptors (Lipinski definition) is 4. The standard InChI is InChI=1S/C24H24N2O2S/c1-15-21(24(28)26-17-7-4-3-5-8-17)22(16-11-13-18(29-2)14-12-16)23-19(25-15)9-6-10-20(23)27/h3-5,7-8,11-14,22,25H,6,9-10H2,1-2H3,(H,26,28).